The van der Waals surface area contributed by atoms with Crippen LogP contribution in [0.4, 0.5) is 0 Å². The van der Waals surface area contributed by atoms with Gasteiger partial charge in [-0.2, -0.15) is 0 Å². The van der Waals surface area contributed by atoms with Gasteiger partial charge in [-0.3, -0.25) is 4.79 Å². The largest absolute Gasteiger partial charge is 0.496 e. The molecule has 1 atom stereocenters. The number of nitrogens with one attached hydrogen (secondary N) is 1. The number of carbonyl (C=O) groups is 1. The van der Waals surface area contributed by atoms with Crippen LogP contribution in [0, 0.1) is 0 Å². The lowest BCUT2D eigenvalue weighted by Gasteiger charge is -2.11. The van der Waals surface area contributed by atoms with Crippen molar-refractivity contribution >= 4 is 18.3 Å². The van der Waals surface area contributed by atoms with E-state index < -0.39 is 6.04 Å². The first-order valence-electron chi connectivity index (χ1n) is 5.84. The molecule has 0 spiro atoms. The number of methoxy groups -OCH3 is 1. The van der Waals surface area contributed by atoms with Crippen molar-refractivity contribution in [3.63, 3.8) is 0 Å². The fourth-order valence-corrected chi connectivity index (χ4v) is 1.55. The summed E-state index contributed by atoms with van der Waals surface area (Å²) in [5, 5.41) is 2.81. The summed E-state index contributed by atoms with van der Waals surface area (Å²) in [5.41, 5.74) is 6.70. The Balaban J connectivity index is 0.00000289. The van der Waals surface area contributed by atoms with E-state index in [-0.39, 0.29) is 18.3 Å². The SMILES string of the molecule is CC[C@H](N)C(=O)NCCc1ccccc1OC.Cl. The molecule has 0 aliphatic rings. The van der Waals surface area contributed by atoms with Gasteiger partial charge in [0, 0.05) is 6.54 Å². The van der Waals surface area contributed by atoms with Crippen molar-refractivity contribution in [1.82, 2.24) is 5.32 Å². The first kappa shape index (κ1) is 16.7. The monoisotopic (exact) mass is 272 g/mol. The Morgan fingerprint density at radius 3 is 2.72 bits per heavy atom. The summed E-state index contributed by atoms with van der Waals surface area (Å²) in [7, 11) is 1.64. The highest BCUT2D eigenvalue weighted by Gasteiger charge is 2.10. The number of halogens is 1. The molecule has 1 aromatic rings. The summed E-state index contributed by atoms with van der Waals surface area (Å²) in [6.07, 6.45) is 1.40. The summed E-state index contributed by atoms with van der Waals surface area (Å²) >= 11 is 0. The predicted molar refractivity (Wildman–Crippen MR) is 75.2 cm³/mol. The summed E-state index contributed by atoms with van der Waals surface area (Å²) in [4.78, 5) is 11.5. The molecule has 4 nitrogen and oxygen atoms in total. The molecule has 0 bridgehead atoms. The number of hydrogen-bond acceptors (Lipinski definition) is 3. The Labute approximate surface area is 114 Å². The molecule has 1 rings (SSSR count). The van der Waals surface area contributed by atoms with E-state index in [2.05, 4.69) is 5.32 Å². The Morgan fingerprint density at radius 2 is 2.11 bits per heavy atom. The minimum Gasteiger partial charge on any atom is -0.496 e. The molecule has 0 saturated carbocycles. The number of nitrogens with two attached hydrogens (primary N) is 1. The second kappa shape index (κ2) is 8.78. The molecule has 0 heterocycles. The summed E-state index contributed by atoms with van der Waals surface area (Å²) < 4.78 is 5.23. The number of amides is 1. The molecule has 1 amide bonds. The summed E-state index contributed by atoms with van der Waals surface area (Å²) in [6, 6.07) is 7.37. The van der Waals surface area contributed by atoms with Crippen molar-refractivity contribution in [2.75, 3.05) is 13.7 Å². The van der Waals surface area contributed by atoms with Crippen LogP contribution in [0.5, 0.6) is 5.75 Å². The van der Waals surface area contributed by atoms with Crippen molar-refractivity contribution in [1.29, 1.82) is 0 Å². The Bertz CT molecular complexity index is 372. The first-order chi connectivity index (χ1) is 8.19. The van der Waals surface area contributed by atoms with Gasteiger partial charge in [-0.1, -0.05) is 25.1 Å². The quantitative estimate of drug-likeness (QED) is 0.825. The number of carbonyl (C=O) groups excluding carboxylic acids is 1. The third-order valence-electron chi connectivity index (χ3n) is 2.66. The second-order valence-electron chi connectivity index (χ2n) is 3.87. The van der Waals surface area contributed by atoms with E-state index in [9.17, 15) is 4.79 Å². The lowest BCUT2D eigenvalue weighted by molar-refractivity contribution is -0.122. The van der Waals surface area contributed by atoms with E-state index >= 15 is 0 Å². The zero-order valence-electron chi connectivity index (χ0n) is 10.8. The van der Waals surface area contributed by atoms with Crippen LogP contribution in [-0.2, 0) is 11.2 Å². The molecule has 0 radical (unpaired) electrons. The van der Waals surface area contributed by atoms with Crippen LogP contribution in [-0.4, -0.2) is 25.6 Å². The van der Waals surface area contributed by atoms with Gasteiger partial charge in [0.15, 0.2) is 0 Å². The normalized spacial score (nSPS) is 11.3. The van der Waals surface area contributed by atoms with Crippen LogP contribution >= 0.6 is 12.4 Å². The van der Waals surface area contributed by atoms with Crippen LogP contribution in [0.25, 0.3) is 0 Å². The number of para-hydroxylation sites is 1. The van der Waals surface area contributed by atoms with Crippen LogP contribution in [0.15, 0.2) is 24.3 Å². The fraction of sp³-hybridized carbons (Fsp3) is 0.462. The second-order valence-corrected chi connectivity index (χ2v) is 3.87. The van der Waals surface area contributed by atoms with Gasteiger partial charge in [-0.15, -0.1) is 12.4 Å². The van der Waals surface area contributed by atoms with Crippen molar-refractivity contribution < 1.29 is 9.53 Å². The van der Waals surface area contributed by atoms with E-state index in [4.69, 9.17) is 10.5 Å². The van der Waals surface area contributed by atoms with Crippen LogP contribution in [0.3, 0.4) is 0 Å². The number of rotatable bonds is 6. The summed E-state index contributed by atoms with van der Waals surface area (Å²) in [5.74, 6) is 0.754. The molecule has 0 fully saturated rings. The van der Waals surface area contributed by atoms with Gasteiger partial charge in [-0.05, 0) is 24.5 Å². The molecule has 1 aromatic carbocycles. The lowest BCUT2D eigenvalue weighted by Crippen LogP contribution is -2.40. The maximum Gasteiger partial charge on any atom is 0.236 e. The standard InChI is InChI=1S/C13H20N2O2.ClH/c1-3-11(14)13(16)15-9-8-10-6-4-5-7-12(10)17-2;/h4-7,11H,3,8-9,14H2,1-2H3,(H,15,16);1H/t11-;/m0./s1. The first-order valence-corrected chi connectivity index (χ1v) is 5.84. The average Bonchev–Trinajstić information content (AvgIpc) is 2.38. The highest BCUT2D eigenvalue weighted by molar-refractivity contribution is 5.85. The zero-order valence-corrected chi connectivity index (χ0v) is 11.6. The molecule has 0 aliphatic carbocycles. The molecule has 3 N–H and O–H groups in total. The van der Waals surface area contributed by atoms with Crippen LogP contribution in [0.1, 0.15) is 18.9 Å². The fourth-order valence-electron chi connectivity index (χ4n) is 1.55. The molecule has 5 heteroatoms. The highest BCUT2D eigenvalue weighted by atomic mass is 35.5. The molecular formula is C13H21ClN2O2. The zero-order chi connectivity index (χ0) is 12.7. The minimum atomic E-state index is -0.410. The van der Waals surface area contributed by atoms with E-state index in [0.717, 1.165) is 17.7 Å². The van der Waals surface area contributed by atoms with Gasteiger partial charge >= 0.3 is 0 Å². The van der Waals surface area contributed by atoms with Crippen LogP contribution < -0.4 is 15.8 Å². The van der Waals surface area contributed by atoms with E-state index in [1.165, 1.54) is 0 Å². The van der Waals surface area contributed by atoms with E-state index in [0.29, 0.717) is 13.0 Å². The molecular weight excluding hydrogens is 252 g/mol. The van der Waals surface area contributed by atoms with Gasteiger partial charge in [0.05, 0.1) is 13.2 Å². The number of benzene rings is 1. The van der Waals surface area contributed by atoms with Crippen molar-refractivity contribution in [2.24, 2.45) is 5.73 Å². The minimum absolute atomic E-state index is 0. The number of ether oxygens (including phenoxy) is 1. The predicted octanol–water partition coefficient (Wildman–Crippen LogP) is 1.51. The molecule has 0 aromatic heterocycles. The molecule has 0 unspecified atom stereocenters. The Morgan fingerprint density at radius 1 is 1.44 bits per heavy atom. The molecule has 0 aliphatic heterocycles. The lowest BCUT2D eigenvalue weighted by atomic mass is 10.1. The smallest absolute Gasteiger partial charge is 0.236 e. The van der Waals surface area contributed by atoms with Gasteiger partial charge in [0.2, 0.25) is 5.91 Å². The number of hydrogen-bond donors (Lipinski definition) is 2. The maximum absolute atomic E-state index is 11.5. The van der Waals surface area contributed by atoms with E-state index in [1.807, 2.05) is 31.2 Å². The van der Waals surface area contributed by atoms with Gasteiger partial charge < -0.3 is 15.8 Å². The van der Waals surface area contributed by atoms with Crippen molar-refractivity contribution in [3.8, 4) is 5.75 Å². The summed E-state index contributed by atoms with van der Waals surface area (Å²) in [6.45, 7) is 2.47. The van der Waals surface area contributed by atoms with Crippen LogP contribution in [0.2, 0.25) is 0 Å². The third-order valence-corrected chi connectivity index (χ3v) is 2.66. The average molecular weight is 273 g/mol. The molecule has 102 valence electrons. The molecule has 0 saturated heterocycles. The third kappa shape index (κ3) is 4.94. The Hall–Kier alpha value is -1.26. The van der Waals surface area contributed by atoms with Gasteiger partial charge in [0.25, 0.3) is 0 Å². The van der Waals surface area contributed by atoms with E-state index in [1.54, 1.807) is 7.11 Å². The van der Waals surface area contributed by atoms with Crippen molar-refractivity contribution in [3.05, 3.63) is 29.8 Å². The Kier molecular flexibility index (Phi) is 8.16. The maximum atomic E-state index is 11.5. The van der Waals surface area contributed by atoms with Crippen molar-refractivity contribution in [2.45, 2.75) is 25.8 Å². The van der Waals surface area contributed by atoms with Gasteiger partial charge in [0.1, 0.15) is 5.75 Å². The topological polar surface area (TPSA) is 64.4 Å². The highest BCUT2D eigenvalue weighted by Crippen LogP contribution is 2.17. The van der Waals surface area contributed by atoms with Gasteiger partial charge in [-0.25, -0.2) is 0 Å². The molecule has 18 heavy (non-hydrogen) atoms.